The molecule has 1 N–H and O–H groups in total. The van der Waals surface area contributed by atoms with Crippen molar-refractivity contribution in [3.05, 3.63) is 41.1 Å². The molecule has 2 aromatic heterocycles. The van der Waals surface area contributed by atoms with Gasteiger partial charge in [-0.15, -0.1) is 0 Å². The molecule has 2 heterocycles. The third-order valence-electron chi connectivity index (χ3n) is 2.92. The Labute approximate surface area is 134 Å². The number of rotatable bonds is 4. The predicted octanol–water partition coefficient (Wildman–Crippen LogP) is 3.33. The number of aromatic nitrogens is 3. The highest BCUT2D eigenvalue weighted by atomic mass is 35.5. The van der Waals surface area contributed by atoms with Crippen LogP contribution in [-0.2, 0) is 4.74 Å². The number of hydrogen-bond acceptors (Lipinski definition) is 7. The predicted molar refractivity (Wildman–Crippen MR) is 80.2 cm³/mol. The van der Waals surface area contributed by atoms with E-state index in [4.69, 9.17) is 20.9 Å². The monoisotopic (exact) mass is 336 g/mol. The van der Waals surface area contributed by atoms with E-state index in [2.05, 4.69) is 20.4 Å². The molecule has 3 aromatic rings. The maximum atomic E-state index is 13.2. The van der Waals surface area contributed by atoms with Gasteiger partial charge in [-0.1, -0.05) is 16.8 Å². The zero-order chi connectivity index (χ0) is 16.4. The Morgan fingerprint density at radius 2 is 2.26 bits per heavy atom. The Morgan fingerprint density at radius 3 is 3.00 bits per heavy atom. The Kier molecular flexibility index (Phi) is 4.07. The van der Waals surface area contributed by atoms with Crippen LogP contribution in [0.2, 0.25) is 5.02 Å². The zero-order valence-electron chi connectivity index (χ0n) is 11.8. The summed E-state index contributed by atoms with van der Waals surface area (Å²) in [7, 11) is 0. The van der Waals surface area contributed by atoms with Crippen LogP contribution < -0.4 is 5.32 Å². The van der Waals surface area contributed by atoms with Crippen molar-refractivity contribution < 1.29 is 18.4 Å². The van der Waals surface area contributed by atoms with Crippen LogP contribution in [0.1, 0.15) is 17.4 Å². The smallest absolute Gasteiger partial charge is 0.361 e. The van der Waals surface area contributed by atoms with Crippen molar-refractivity contribution in [1.29, 1.82) is 0 Å². The maximum absolute atomic E-state index is 13.2. The summed E-state index contributed by atoms with van der Waals surface area (Å²) in [4.78, 5) is 19.9. The molecular formula is C14H10ClFN4O3. The van der Waals surface area contributed by atoms with Crippen molar-refractivity contribution in [3.8, 4) is 0 Å². The van der Waals surface area contributed by atoms with Crippen LogP contribution in [0, 0.1) is 5.82 Å². The first-order valence-electron chi connectivity index (χ1n) is 6.59. The van der Waals surface area contributed by atoms with Crippen molar-refractivity contribution in [1.82, 2.24) is 15.1 Å². The number of nitrogens with zero attached hydrogens (tertiary/aromatic N) is 3. The topological polar surface area (TPSA) is 90.1 Å². The van der Waals surface area contributed by atoms with Gasteiger partial charge < -0.3 is 14.6 Å². The van der Waals surface area contributed by atoms with Gasteiger partial charge >= 0.3 is 5.97 Å². The molecule has 0 atom stereocenters. The number of benzene rings is 1. The van der Waals surface area contributed by atoms with Crippen LogP contribution in [0.5, 0.6) is 0 Å². The average molecular weight is 337 g/mol. The summed E-state index contributed by atoms with van der Waals surface area (Å²) in [6.45, 7) is 1.87. The molecule has 0 radical (unpaired) electrons. The van der Waals surface area contributed by atoms with E-state index in [0.717, 1.165) is 0 Å². The van der Waals surface area contributed by atoms with Crippen molar-refractivity contribution in [2.75, 3.05) is 11.9 Å². The normalized spacial score (nSPS) is 10.7. The first kappa shape index (κ1) is 15.2. The lowest BCUT2D eigenvalue weighted by molar-refractivity contribution is 0.0517. The van der Waals surface area contributed by atoms with E-state index in [1.165, 1.54) is 24.5 Å². The average Bonchev–Trinajstić information content (AvgIpc) is 2.96. The molecule has 1 aromatic carbocycles. The van der Waals surface area contributed by atoms with Crippen LogP contribution >= 0.6 is 11.6 Å². The van der Waals surface area contributed by atoms with Gasteiger partial charge in [-0.05, 0) is 25.1 Å². The number of hydrogen-bond donors (Lipinski definition) is 1. The van der Waals surface area contributed by atoms with E-state index >= 15 is 0 Å². The van der Waals surface area contributed by atoms with Gasteiger partial charge in [0.1, 0.15) is 23.3 Å². The van der Waals surface area contributed by atoms with E-state index < -0.39 is 11.8 Å². The molecule has 0 aliphatic rings. The number of ether oxygens (including phenoxy) is 1. The molecule has 118 valence electrons. The first-order valence-corrected chi connectivity index (χ1v) is 6.97. The number of esters is 1. The minimum absolute atomic E-state index is 0.0434. The Bertz CT molecular complexity index is 884. The van der Waals surface area contributed by atoms with Gasteiger partial charge in [0, 0.05) is 5.69 Å². The number of carbonyl (C=O) groups is 1. The second-order valence-electron chi connectivity index (χ2n) is 4.41. The summed E-state index contributed by atoms with van der Waals surface area (Å²) in [5.74, 6) is -0.926. The number of nitrogens with one attached hydrogen (secondary N) is 1. The van der Waals surface area contributed by atoms with Crippen molar-refractivity contribution >= 4 is 40.2 Å². The first-order chi connectivity index (χ1) is 11.1. The summed E-state index contributed by atoms with van der Waals surface area (Å²) in [6, 6.07) is 4.08. The van der Waals surface area contributed by atoms with E-state index in [1.807, 2.05) is 0 Å². The van der Waals surface area contributed by atoms with Gasteiger partial charge in [-0.25, -0.2) is 14.2 Å². The van der Waals surface area contributed by atoms with E-state index in [0.29, 0.717) is 5.69 Å². The Morgan fingerprint density at radius 1 is 1.43 bits per heavy atom. The fraction of sp³-hybridized carbons (Fsp3) is 0.143. The van der Waals surface area contributed by atoms with Gasteiger partial charge in [0.15, 0.2) is 0 Å². The summed E-state index contributed by atoms with van der Waals surface area (Å²) >= 11 is 5.75. The molecule has 0 saturated heterocycles. The summed E-state index contributed by atoms with van der Waals surface area (Å²) in [6.07, 6.45) is 1.25. The number of fused-ring (bicyclic) bond motifs is 1. The Balaban J connectivity index is 2.04. The van der Waals surface area contributed by atoms with Gasteiger partial charge in [0.2, 0.25) is 5.69 Å². The molecule has 7 nitrogen and oxygen atoms in total. The maximum Gasteiger partial charge on any atom is 0.361 e. The van der Waals surface area contributed by atoms with E-state index in [9.17, 15) is 9.18 Å². The summed E-state index contributed by atoms with van der Waals surface area (Å²) in [5.41, 5.74) is 0.560. The molecule has 0 saturated carbocycles. The largest absolute Gasteiger partial charge is 0.461 e. The molecular weight excluding hydrogens is 327 g/mol. The van der Waals surface area contributed by atoms with Crippen LogP contribution in [0.4, 0.5) is 15.9 Å². The van der Waals surface area contributed by atoms with Crippen molar-refractivity contribution in [2.24, 2.45) is 0 Å². The fourth-order valence-corrected chi connectivity index (χ4v) is 2.11. The Hall–Kier alpha value is -2.74. The summed E-state index contributed by atoms with van der Waals surface area (Å²) in [5, 5.41) is 6.82. The molecule has 23 heavy (non-hydrogen) atoms. The quantitative estimate of drug-likeness (QED) is 0.731. The molecule has 0 aliphatic heterocycles. The molecule has 0 bridgehead atoms. The van der Waals surface area contributed by atoms with E-state index in [1.54, 1.807) is 6.92 Å². The fourth-order valence-electron chi connectivity index (χ4n) is 1.93. The minimum Gasteiger partial charge on any atom is -0.461 e. The lowest BCUT2D eigenvalue weighted by Gasteiger charge is -2.07. The second kappa shape index (κ2) is 6.17. The molecule has 3 rings (SSSR count). The molecule has 0 unspecified atom stereocenters. The minimum atomic E-state index is -0.652. The molecule has 0 spiro atoms. The van der Waals surface area contributed by atoms with Gasteiger partial charge in [0.25, 0.3) is 5.71 Å². The molecule has 0 fully saturated rings. The molecule has 9 heteroatoms. The highest BCUT2D eigenvalue weighted by Crippen LogP contribution is 2.28. The van der Waals surface area contributed by atoms with Crippen LogP contribution in [0.15, 0.2) is 29.0 Å². The highest BCUT2D eigenvalue weighted by molar-refractivity contribution is 6.31. The number of halogens is 2. The molecule has 0 aliphatic carbocycles. The van der Waals surface area contributed by atoms with Crippen molar-refractivity contribution in [2.45, 2.75) is 6.92 Å². The van der Waals surface area contributed by atoms with Gasteiger partial charge in [-0.3, -0.25) is 0 Å². The third kappa shape index (κ3) is 2.93. The lowest BCUT2D eigenvalue weighted by atomic mass is 10.2. The third-order valence-corrected chi connectivity index (χ3v) is 3.21. The second-order valence-corrected chi connectivity index (χ2v) is 4.82. The van der Waals surface area contributed by atoms with Gasteiger partial charge in [0.05, 0.1) is 11.6 Å². The lowest BCUT2D eigenvalue weighted by Crippen LogP contribution is -2.06. The standard InChI is InChI=1S/C14H10ClFN4O3/c1-2-22-14(21)11-10-12(17-6-18-13(10)23-20-11)19-7-3-4-9(16)8(15)5-7/h3-6H,2H2,1H3,(H,17,18,19). The van der Waals surface area contributed by atoms with E-state index in [-0.39, 0.29) is 34.2 Å². The van der Waals surface area contributed by atoms with Gasteiger partial charge in [-0.2, -0.15) is 4.98 Å². The number of anilines is 2. The highest BCUT2D eigenvalue weighted by Gasteiger charge is 2.22. The van der Waals surface area contributed by atoms with Crippen LogP contribution in [-0.4, -0.2) is 27.7 Å². The summed E-state index contributed by atoms with van der Waals surface area (Å²) < 4.78 is 23.2. The van der Waals surface area contributed by atoms with Crippen LogP contribution in [0.3, 0.4) is 0 Å². The van der Waals surface area contributed by atoms with Crippen LogP contribution in [0.25, 0.3) is 11.1 Å². The van der Waals surface area contributed by atoms with Crippen molar-refractivity contribution in [3.63, 3.8) is 0 Å². The zero-order valence-corrected chi connectivity index (χ0v) is 12.6. The number of carbonyl (C=O) groups excluding carboxylic acids is 1. The SMILES string of the molecule is CCOC(=O)c1noc2ncnc(Nc3ccc(F)c(Cl)c3)c12. The molecule has 0 amide bonds.